The first kappa shape index (κ1) is 15.5. The molecule has 0 fully saturated rings. The van der Waals surface area contributed by atoms with Crippen molar-refractivity contribution in [1.82, 2.24) is 4.98 Å². The quantitative estimate of drug-likeness (QED) is 0.668. The Morgan fingerprint density at radius 1 is 0.842 bits per heavy atom. The smallest absolute Gasteiger partial charge is 0.109 e. The molecule has 104 valence electrons. The van der Waals surface area contributed by atoms with Crippen LogP contribution in [-0.2, 0) is 10.8 Å². The van der Waals surface area contributed by atoms with Crippen molar-refractivity contribution in [2.75, 3.05) is 0 Å². The molecule has 2 heterocycles. The number of hydrogen-bond donors (Lipinski definition) is 0. The highest BCUT2D eigenvalue weighted by atomic mass is 16.3. The highest BCUT2D eigenvalue weighted by molar-refractivity contribution is 5.12. The van der Waals surface area contributed by atoms with Gasteiger partial charge in [-0.05, 0) is 24.3 Å². The normalized spacial score (nSPS) is 11.7. The van der Waals surface area contributed by atoms with Gasteiger partial charge in [0.2, 0.25) is 0 Å². The van der Waals surface area contributed by atoms with Crippen LogP contribution < -0.4 is 0 Å². The van der Waals surface area contributed by atoms with Crippen LogP contribution >= 0.6 is 0 Å². The van der Waals surface area contributed by atoms with Gasteiger partial charge in [0.25, 0.3) is 0 Å². The second-order valence-corrected chi connectivity index (χ2v) is 6.69. The number of pyridine rings is 1. The Balaban J connectivity index is 0.000000191. The summed E-state index contributed by atoms with van der Waals surface area (Å²) in [6.45, 7) is 12.9. The van der Waals surface area contributed by atoms with E-state index in [-0.39, 0.29) is 10.8 Å². The Labute approximate surface area is 116 Å². The summed E-state index contributed by atoms with van der Waals surface area (Å²) in [6.07, 6.45) is 3.54. The molecular weight excluding hydrogens is 234 g/mol. The van der Waals surface area contributed by atoms with Crippen LogP contribution in [0.25, 0.3) is 0 Å². The summed E-state index contributed by atoms with van der Waals surface area (Å²) in [7, 11) is 0. The summed E-state index contributed by atoms with van der Waals surface area (Å²) in [6, 6.07) is 9.93. The number of hydrogen-bond acceptors (Lipinski definition) is 2. The van der Waals surface area contributed by atoms with Gasteiger partial charge in [-0.25, -0.2) is 0 Å². The summed E-state index contributed by atoms with van der Waals surface area (Å²) < 4.78 is 5.20. The van der Waals surface area contributed by atoms with E-state index in [1.54, 1.807) is 6.26 Å². The van der Waals surface area contributed by atoms with E-state index in [4.69, 9.17) is 4.42 Å². The monoisotopic (exact) mass is 259 g/mol. The molecule has 0 radical (unpaired) electrons. The van der Waals surface area contributed by atoms with Crippen molar-refractivity contribution in [3.05, 3.63) is 54.2 Å². The minimum Gasteiger partial charge on any atom is -0.469 e. The molecule has 0 saturated carbocycles. The van der Waals surface area contributed by atoms with Gasteiger partial charge in [-0.15, -0.1) is 0 Å². The molecule has 0 spiro atoms. The molecule has 0 amide bonds. The lowest BCUT2D eigenvalue weighted by atomic mass is 9.92. The third kappa shape index (κ3) is 5.29. The fourth-order valence-corrected chi connectivity index (χ4v) is 1.51. The van der Waals surface area contributed by atoms with Crippen LogP contribution in [0.5, 0.6) is 0 Å². The van der Waals surface area contributed by atoms with Crippen molar-refractivity contribution in [2.24, 2.45) is 0 Å². The molecule has 0 atom stereocenters. The van der Waals surface area contributed by atoms with Crippen LogP contribution in [0.1, 0.15) is 53.0 Å². The van der Waals surface area contributed by atoms with E-state index < -0.39 is 0 Å². The molecule has 2 rings (SSSR count). The van der Waals surface area contributed by atoms with Crippen LogP contribution in [0.15, 0.2) is 47.2 Å². The summed E-state index contributed by atoms with van der Waals surface area (Å²) in [4.78, 5) is 4.25. The predicted octanol–water partition coefficient (Wildman–Crippen LogP) is 4.96. The van der Waals surface area contributed by atoms with E-state index in [2.05, 4.69) is 52.6 Å². The van der Waals surface area contributed by atoms with Gasteiger partial charge in [-0.3, -0.25) is 4.98 Å². The maximum Gasteiger partial charge on any atom is 0.109 e. The minimum atomic E-state index is 0.156. The molecule has 0 aromatic carbocycles. The average molecular weight is 259 g/mol. The van der Waals surface area contributed by atoms with E-state index >= 15 is 0 Å². The third-order valence-electron chi connectivity index (χ3n) is 2.69. The van der Waals surface area contributed by atoms with E-state index in [1.165, 1.54) is 0 Å². The predicted molar refractivity (Wildman–Crippen MR) is 80.3 cm³/mol. The van der Waals surface area contributed by atoms with Gasteiger partial charge < -0.3 is 4.42 Å². The minimum absolute atomic E-state index is 0.156. The molecule has 19 heavy (non-hydrogen) atoms. The van der Waals surface area contributed by atoms with E-state index in [1.807, 2.05) is 30.5 Å². The number of furan rings is 1. The summed E-state index contributed by atoms with van der Waals surface area (Å²) in [5, 5.41) is 0. The van der Waals surface area contributed by atoms with Gasteiger partial charge in [-0.2, -0.15) is 0 Å². The first-order valence-electron chi connectivity index (χ1n) is 6.67. The summed E-state index contributed by atoms with van der Waals surface area (Å²) in [5.74, 6) is 1.04. The fourth-order valence-electron chi connectivity index (χ4n) is 1.51. The third-order valence-corrected chi connectivity index (χ3v) is 2.69. The molecule has 2 heteroatoms. The molecule has 0 saturated heterocycles. The number of nitrogens with zero attached hydrogens (tertiary/aromatic N) is 1. The van der Waals surface area contributed by atoms with Crippen molar-refractivity contribution in [3.63, 3.8) is 0 Å². The number of rotatable bonds is 0. The van der Waals surface area contributed by atoms with Gasteiger partial charge in [0, 0.05) is 22.7 Å². The maximum atomic E-state index is 5.20. The van der Waals surface area contributed by atoms with Crippen molar-refractivity contribution in [1.29, 1.82) is 0 Å². The zero-order chi connectivity index (χ0) is 14.5. The van der Waals surface area contributed by atoms with Gasteiger partial charge in [0.05, 0.1) is 6.26 Å². The number of aromatic nitrogens is 1. The van der Waals surface area contributed by atoms with Crippen molar-refractivity contribution in [3.8, 4) is 0 Å². The SMILES string of the molecule is CC(C)(C)c1ccccn1.CC(C)(C)c1ccco1. The second kappa shape index (κ2) is 6.05. The molecule has 0 bridgehead atoms. The van der Waals surface area contributed by atoms with Crippen LogP contribution in [0.3, 0.4) is 0 Å². The second-order valence-electron chi connectivity index (χ2n) is 6.69. The van der Waals surface area contributed by atoms with E-state index in [0.717, 1.165) is 11.5 Å². The van der Waals surface area contributed by atoms with Crippen LogP contribution in [0.4, 0.5) is 0 Å². The lowest BCUT2D eigenvalue weighted by Gasteiger charge is -2.16. The highest BCUT2D eigenvalue weighted by Gasteiger charge is 2.15. The lowest BCUT2D eigenvalue weighted by Crippen LogP contribution is -2.12. The van der Waals surface area contributed by atoms with Crippen molar-refractivity contribution in [2.45, 2.75) is 52.4 Å². The molecular formula is C17H25NO. The Morgan fingerprint density at radius 3 is 1.79 bits per heavy atom. The Kier molecular flexibility index (Phi) is 4.93. The van der Waals surface area contributed by atoms with Crippen molar-refractivity contribution < 1.29 is 4.42 Å². The van der Waals surface area contributed by atoms with Crippen molar-refractivity contribution >= 4 is 0 Å². The summed E-state index contributed by atoms with van der Waals surface area (Å²) >= 11 is 0. The molecule has 2 nitrogen and oxygen atoms in total. The van der Waals surface area contributed by atoms with Crippen LogP contribution in [-0.4, -0.2) is 4.98 Å². The van der Waals surface area contributed by atoms with Crippen LogP contribution in [0, 0.1) is 0 Å². The molecule has 0 aliphatic rings. The maximum absolute atomic E-state index is 5.20. The standard InChI is InChI=1S/C9H13N.C8H12O/c1-9(2,3)8-6-4-5-7-10-8;1-8(2,3)7-5-4-6-9-7/h4-7H,1-3H3;4-6H,1-3H3. The Bertz CT molecular complexity index is 458. The molecule has 0 N–H and O–H groups in total. The highest BCUT2D eigenvalue weighted by Crippen LogP contribution is 2.21. The van der Waals surface area contributed by atoms with Gasteiger partial charge in [0.1, 0.15) is 5.76 Å². The van der Waals surface area contributed by atoms with Gasteiger partial charge in [0.15, 0.2) is 0 Å². The zero-order valence-electron chi connectivity index (χ0n) is 12.9. The molecule has 2 aromatic heterocycles. The largest absolute Gasteiger partial charge is 0.469 e. The molecule has 2 aromatic rings. The molecule has 0 aliphatic heterocycles. The summed E-state index contributed by atoms with van der Waals surface area (Å²) in [5.41, 5.74) is 1.49. The fraction of sp³-hybridized carbons (Fsp3) is 0.471. The average Bonchev–Trinajstić information content (AvgIpc) is 2.83. The van der Waals surface area contributed by atoms with Crippen LogP contribution in [0.2, 0.25) is 0 Å². The first-order chi connectivity index (χ1) is 8.71. The van der Waals surface area contributed by atoms with Gasteiger partial charge >= 0.3 is 0 Å². The first-order valence-corrected chi connectivity index (χ1v) is 6.67. The topological polar surface area (TPSA) is 26.0 Å². The Hall–Kier alpha value is -1.57. The zero-order valence-corrected chi connectivity index (χ0v) is 12.9. The van der Waals surface area contributed by atoms with E-state index in [0.29, 0.717) is 0 Å². The van der Waals surface area contributed by atoms with Gasteiger partial charge in [-0.1, -0.05) is 47.6 Å². The molecule has 0 aliphatic carbocycles. The lowest BCUT2D eigenvalue weighted by molar-refractivity contribution is 0.409. The van der Waals surface area contributed by atoms with E-state index in [9.17, 15) is 0 Å². The molecule has 0 unspecified atom stereocenters. The Morgan fingerprint density at radius 2 is 1.53 bits per heavy atom.